The second kappa shape index (κ2) is 7.04. The van der Waals surface area contributed by atoms with Gasteiger partial charge in [0.05, 0.1) is 6.04 Å². The number of hydrogen-bond acceptors (Lipinski definition) is 2. The van der Waals surface area contributed by atoms with Crippen molar-refractivity contribution in [2.75, 3.05) is 11.1 Å². The lowest BCUT2D eigenvalue weighted by Gasteiger charge is -2.26. The Morgan fingerprint density at radius 3 is 2.96 bits per heavy atom. The predicted octanol–water partition coefficient (Wildman–Crippen LogP) is 4.75. The van der Waals surface area contributed by atoms with E-state index in [9.17, 15) is 9.18 Å². The normalized spacial score (nSPS) is 16.5. The third-order valence-corrected chi connectivity index (χ3v) is 5.09. The molecule has 1 unspecified atom stereocenters. The van der Waals surface area contributed by atoms with Gasteiger partial charge in [0.2, 0.25) is 0 Å². The monoisotopic (exact) mass is 330 g/mol. The van der Waals surface area contributed by atoms with E-state index in [2.05, 4.69) is 17.6 Å². The van der Waals surface area contributed by atoms with E-state index in [1.807, 2.05) is 24.3 Å². The minimum absolute atomic E-state index is 0.157. The van der Waals surface area contributed by atoms with Crippen molar-refractivity contribution < 1.29 is 9.18 Å². The largest absolute Gasteiger partial charge is 0.331 e. The van der Waals surface area contributed by atoms with Crippen molar-refractivity contribution >= 4 is 23.5 Å². The van der Waals surface area contributed by atoms with Gasteiger partial charge in [0.1, 0.15) is 5.82 Å². The van der Waals surface area contributed by atoms with E-state index < -0.39 is 0 Å². The number of nitrogens with one attached hydrogen (secondary N) is 2. The number of aryl methyl sites for hydroxylation is 1. The van der Waals surface area contributed by atoms with Crippen molar-refractivity contribution in [3.63, 3.8) is 0 Å². The molecule has 23 heavy (non-hydrogen) atoms. The molecule has 1 aliphatic rings. The van der Waals surface area contributed by atoms with E-state index >= 15 is 0 Å². The van der Waals surface area contributed by atoms with Crippen LogP contribution in [0.25, 0.3) is 0 Å². The first-order chi connectivity index (χ1) is 11.2. The Morgan fingerprint density at radius 1 is 1.30 bits per heavy atom. The average Bonchev–Trinajstić information content (AvgIpc) is 2.56. The van der Waals surface area contributed by atoms with Gasteiger partial charge in [-0.05, 0) is 48.2 Å². The summed E-state index contributed by atoms with van der Waals surface area (Å²) in [5.41, 5.74) is 2.77. The van der Waals surface area contributed by atoms with Gasteiger partial charge in [-0.1, -0.05) is 25.1 Å². The number of fused-ring (bicyclic) bond motifs is 1. The fourth-order valence-corrected chi connectivity index (χ4v) is 3.89. The minimum Gasteiger partial charge on any atom is -0.331 e. The summed E-state index contributed by atoms with van der Waals surface area (Å²) in [4.78, 5) is 13.4. The lowest BCUT2D eigenvalue weighted by Crippen LogP contribution is -2.34. The second-order valence-electron chi connectivity index (χ2n) is 5.48. The third-order valence-electron chi connectivity index (χ3n) is 3.96. The zero-order valence-corrected chi connectivity index (χ0v) is 13.8. The molecule has 1 aliphatic heterocycles. The third kappa shape index (κ3) is 3.67. The molecular formula is C18H19FN2OS. The van der Waals surface area contributed by atoms with Crippen molar-refractivity contribution in [2.45, 2.75) is 30.7 Å². The summed E-state index contributed by atoms with van der Waals surface area (Å²) in [6.07, 6.45) is 1.65. The van der Waals surface area contributed by atoms with Crippen LogP contribution in [0, 0.1) is 5.82 Å². The van der Waals surface area contributed by atoms with Crippen molar-refractivity contribution in [1.82, 2.24) is 5.32 Å². The zero-order chi connectivity index (χ0) is 16.2. The number of para-hydroxylation sites is 1. The smallest absolute Gasteiger partial charge is 0.319 e. The highest BCUT2D eigenvalue weighted by atomic mass is 32.2. The van der Waals surface area contributed by atoms with E-state index in [1.165, 1.54) is 12.1 Å². The maximum Gasteiger partial charge on any atom is 0.319 e. The predicted molar refractivity (Wildman–Crippen MR) is 92.5 cm³/mol. The number of rotatable bonds is 3. The van der Waals surface area contributed by atoms with Gasteiger partial charge in [0, 0.05) is 16.3 Å². The first-order valence-electron chi connectivity index (χ1n) is 7.75. The Kier molecular flexibility index (Phi) is 4.86. The maximum atomic E-state index is 13.5. The van der Waals surface area contributed by atoms with Crippen LogP contribution in [0.5, 0.6) is 0 Å². The van der Waals surface area contributed by atoms with Crippen molar-refractivity contribution in [3.8, 4) is 0 Å². The maximum absolute atomic E-state index is 13.5. The van der Waals surface area contributed by atoms with Crippen LogP contribution >= 0.6 is 11.8 Å². The summed E-state index contributed by atoms with van der Waals surface area (Å²) in [7, 11) is 0. The molecule has 2 aromatic rings. The highest BCUT2D eigenvalue weighted by Gasteiger charge is 2.23. The van der Waals surface area contributed by atoms with E-state index in [-0.39, 0.29) is 17.9 Å². The van der Waals surface area contributed by atoms with E-state index in [0.717, 1.165) is 40.3 Å². The number of anilines is 1. The summed E-state index contributed by atoms with van der Waals surface area (Å²) in [6, 6.07) is 12.1. The van der Waals surface area contributed by atoms with E-state index in [0.29, 0.717) is 0 Å². The number of hydrogen-bond donors (Lipinski definition) is 2. The number of thioether (sulfide) groups is 1. The first-order valence-corrected chi connectivity index (χ1v) is 8.73. The average molecular weight is 330 g/mol. The van der Waals surface area contributed by atoms with Crippen LogP contribution < -0.4 is 10.6 Å². The number of benzene rings is 2. The van der Waals surface area contributed by atoms with Gasteiger partial charge >= 0.3 is 6.03 Å². The van der Waals surface area contributed by atoms with Crippen LogP contribution in [0.2, 0.25) is 0 Å². The lowest BCUT2D eigenvalue weighted by molar-refractivity contribution is 0.248. The quantitative estimate of drug-likeness (QED) is 0.853. The van der Waals surface area contributed by atoms with E-state index in [4.69, 9.17) is 0 Å². The molecule has 2 amide bonds. The fraction of sp³-hybridized carbons (Fsp3) is 0.278. The van der Waals surface area contributed by atoms with Crippen molar-refractivity contribution in [3.05, 3.63) is 59.4 Å². The Balaban J connectivity index is 1.73. The summed E-state index contributed by atoms with van der Waals surface area (Å²) in [6.45, 7) is 2.05. The number of halogens is 1. The van der Waals surface area contributed by atoms with Crippen LogP contribution in [-0.2, 0) is 6.42 Å². The van der Waals surface area contributed by atoms with Gasteiger partial charge in [0.15, 0.2) is 0 Å². The Bertz CT molecular complexity index is 720. The molecule has 3 nitrogen and oxygen atoms in total. The topological polar surface area (TPSA) is 41.1 Å². The molecule has 120 valence electrons. The zero-order valence-electron chi connectivity index (χ0n) is 12.9. The molecular weight excluding hydrogens is 311 g/mol. The van der Waals surface area contributed by atoms with Gasteiger partial charge in [-0.3, -0.25) is 0 Å². The molecule has 0 radical (unpaired) electrons. The van der Waals surface area contributed by atoms with Gasteiger partial charge in [0.25, 0.3) is 0 Å². The summed E-state index contributed by atoms with van der Waals surface area (Å²) in [5.74, 6) is 0.643. The molecule has 0 fully saturated rings. The van der Waals surface area contributed by atoms with Gasteiger partial charge in [-0.2, -0.15) is 0 Å². The molecule has 0 aromatic heterocycles. The van der Waals surface area contributed by atoms with Crippen LogP contribution in [0.15, 0.2) is 47.4 Å². The molecule has 3 rings (SSSR count). The van der Waals surface area contributed by atoms with E-state index in [1.54, 1.807) is 17.8 Å². The van der Waals surface area contributed by atoms with Crippen LogP contribution in [0.3, 0.4) is 0 Å². The molecule has 0 saturated heterocycles. The molecule has 5 heteroatoms. The molecule has 0 bridgehead atoms. The standard InChI is InChI=1S/C18H19FN2OS/c1-2-12-5-3-4-6-15(12)20-18(22)21-16-9-10-23-17-8-7-13(19)11-14(16)17/h3-8,11,16H,2,9-10H2,1H3,(H2,20,21,22). The molecule has 0 aliphatic carbocycles. The van der Waals surface area contributed by atoms with Gasteiger partial charge < -0.3 is 10.6 Å². The molecule has 0 spiro atoms. The van der Waals surface area contributed by atoms with Crippen molar-refractivity contribution in [1.29, 1.82) is 0 Å². The second-order valence-corrected chi connectivity index (χ2v) is 6.62. The number of carbonyl (C=O) groups excluding carboxylic acids is 1. The fourth-order valence-electron chi connectivity index (χ4n) is 2.78. The Labute approximate surface area is 139 Å². The first kappa shape index (κ1) is 15.9. The molecule has 1 heterocycles. The highest BCUT2D eigenvalue weighted by molar-refractivity contribution is 7.99. The molecule has 2 aromatic carbocycles. The van der Waals surface area contributed by atoms with Crippen LogP contribution in [0.1, 0.15) is 30.5 Å². The lowest BCUT2D eigenvalue weighted by atomic mass is 10.0. The number of urea groups is 1. The van der Waals surface area contributed by atoms with Gasteiger partial charge in [-0.15, -0.1) is 11.8 Å². The molecule has 2 N–H and O–H groups in total. The highest BCUT2D eigenvalue weighted by Crippen LogP contribution is 2.36. The Hall–Kier alpha value is -2.01. The van der Waals surface area contributed by atoms with Crippen molar-refractivity contribution in [2.24, 2.45) is 0 Å². The van der Waals surface area contributed by atoms with Crippen LogP contribution in [-0.4, -0.2) is 11.8 Å². The van der Waals surface area contributed by atoms with Gasteiger partial charge in [-0.25, -0.2) is 9.18 Å². The summed E-state index contributed by atoms with van der Waals surface area (Å²) >= 11 is 1.70. The SMILES string of the molecule is CCc1ccccc1NC(=O)NC1CCSc2ccc(F)cc21. The number of amides is 2. The summed E-state index contributed by atoms with van der Waals surface area (Å²) < 4.78 is 13.5. The molecule has 0 saturated carbocycles. The molecule has 1 atom stereocenters. The number of carbonyl (C=O) groups is 1. The van der Waals surface area contributed by atoms with Crippen LogP contribution in [0.4, 0.5) is 14.9 Å². The Morgan fingerprint density at radius 2 is 2.13 bits per heavy atom. The minimum atomic E-state index is -0.269. The summed E-state index contributed by atoms with van der Waals surface area (Å²) in [5, 5.41) is 5.88.